The second kappa shape index (κ2) is 5.68. The Morgan fingerprint density at radius 2 is 1.90 bits per heavy atom. The zero-order chi connectivity index (χ0) is 14.9. The Morgan fingerprint density at radius 1 is 1.20 bits per heavy atom. The molecular formula is C12H7BrF2N2O2S. The standard InChI is InChI=1S/C12H7BrF2N2O2S/c13-10-2-1-9(20-10)12(19)17-8-3-5(11(16)18)6(14)4-7(8)15/h1-4H,(H2,16,18)(H,17,19). The monoisotopic (exact) mass is 360 g/mol. The number of halogens is 3. The van der Waals surface area contributed by atoms with Crippen LogP contribution in [0.1, 0.15) is 20.0 Å². The fourth-order valence-electron chi connectivity index (χ4n) is 1.45. The molecule has 0 fully saturated rings. The number of rotatable bonds is 3. The van der Waals surface area contributed by atoms with Gasteiger partial charge in [-0.25, -0.2) is 8.78 Å². The Kier molecular flexibility index (Phi) is 4.15. The summed E-state index contributed by atoms with van der Waals surface area (Å²) in [5, 5.41) is 2.26. The molecule has 0 aliphatic heterocycles. The van der Waals surface area contributed by atoms with Gasteiger partial charge in [0.25, 0.3) is 11.8 Å². The summed E-state index contributed by atoms with van der Waals surface area (Å²) in [5.74, 6) is -3.68. The van der Waals surface area contributed by atoms with Crippen LogP contribution in [0, 0.1) is 11.6 Å². The number of hydrogen-bond acceptors (Lipinski definition) is 3. The van der Waals surface area contributed by atoms with Crippen molar-refractivity contribution in [1.29, 1.82) is 0 Å². The lowest BCUT2D eigenvalue weighted by Gasteiger charge is -2.07. The highest BCUT2D eigenvalue weighted by Crippen LogP contribution is 2.24. The number of carbonyl (C=O) groups excluding carboxylic acids is 2. The number of nitrogens with two attached hydrogens (primary N) is 1. The van der Waals surface area contributed by atoms with Crippen molar-refractivity contribution >= 4 is 44.8 Å². The molecule has 0 aliphatic rings. The van der Waals surface area contributed by atoms with Gasteiger partial charge in [-0.3, -0.25) is 9.59 Å². The second-order valence-corrected chi connectivity index (χ2v) is 6.20. The summed E-state index contributed by atoms with van der Waals surface area (Å²) in [6.45, 7) is 0. The first kappa shape index (κ1) is 14.6. The Bertz CT molecular complexity index is 703. The van der Waals surface area contributed by atoms with Crippen molar-refractivity contribution in [2.45, 2.75) is 0 Å². The average molecular weight is 361 g/mol. The lowest BCUT2D eigenvalue weighted by atomic mass is 10.1. The fourth-order valence-corrected chi connectivity index (χ4v) is 2.74. The van der Waals surface area contributed by atoms with Crippen molar-refractivity contribution in [1.82, 2.24) is 0 Å². The number of carbonyl (C=O) groups is 2. The van der Waals surface area contributed by atoms with Crippen LogP contribution in [0.2, 0.25) is 0 Å². The van der Waals surface area contributed by atoms with Gasteiger partial charge in [-0.15, -0.1) is 11.3 Å². The number of nitrogens with one attached hydrogen (secondary N) is 1. The van der Waals surface area contributed by atoms with Crippen LogP contribution in [0.4, 0.5) is 14.5 Å². The molecule has 0 spiro atoms. The largest absolute Gasteiger partial charge is 0.366 e. The minimum absolute atomic E-state index is 0.310. The van der Waals surface area contributed by atoms with Crippen LogP contribution in [0.5, 0.6) is 0 Å². The van der Waals surface area contributed by atoms with Crippen LogP contribution in [-0.4, -0.2) is 11.8 Å². The SMILES string of the molecule is NC(=O)c1cc(NC(=O)c2ccc(Br)s2)c(F)cc1F. The number of anilines is 1. The molecule has 2 aromatic rings. The topological polar surface area (TPSA) is 72.2 Å². The molecule has 104 valence electrons. The third kappa shape index (κ3) is 3.02. The maximum Gasteiger partial charge on any atom is 0.265 e. The molecular weight excluding hydrogens is 354 g/mol. The molecule has 0 saturated heterocycles. The van der Waals surface area contributed by atoms with Gasteiger partial charge in [0.2, 0.25) is 0 Å². The molecule has 1 aromatic heterocycles. The summed E-state index contributed by atoms with van der Waals surface area (Å²) >= 11 is 4.35. The van der Waals surface area contributed by atoms with Crippen LogP contribution < -0.4 is 11.1 Å². The molecule has 0 bridgehead atoms. The van der Waals surface area contributed by atoms with Crippen molar-refractivity contribution in [2.24, 2.45) is 5.73 Å². The average Bonchev–Trinajstić information content (AvgIpc) is 2.79. The van der Waals surface area contributed by atoms with E-state index in [9.17, 15) is 18.4 Å². The van der Waals surface area contributed by atoms with Crippen molar-refractivity contribution in [3.8, 4) is 0 Å². The van der Waals surface area contributed by atoms with Crippen LogP contribution in [0.25, 0.3) is 0 Å². The highest BCUT2D eigenvalue weighted by atomic mass is 79.9. The molecule has 0 aliphatic carbocycles. The Balaban J connectivity index is 2.31. The van der Waals surface area contributed by atoms with Gasteiger partial charge < -0.3 is 11.1 Å². The lowest BCUT2D eigenvalue weighted by Crippen LogP contribution is -2.16. The van der Waals surface area contributed by atoms with E-state index in [1.54, 1.807) is 12.1 Å². The molecule has 0 atom stereocenters. The molecule has 20 heavy (non-hydrogen) atoms. The van der Waals surface area contributed by atoms with E-state index in [0.717, 1.165) is 21.2 Å². The van der Waals surface area contributed by atoms with Crippen LogP contribution >= 0.6 is 27.3 Å². The molecule has 3 N–H and O–H groups in total. The molecule has 0 saturated carbocycles. The molecule has 2 amide bonds. The molecule has 8 heteroatoms. The van der Waals surface area contributed by atoms with Gasteiger partial charge in [0.15, 0.2) is 0 Å². The van der Waals surface area contributed by atoms with Crippen molar-refractivity contribution < 1.29 is 18.4 Å². The summed E-state index contributed by atoms with van der Waals surface area (Å²) in [7, 11) is 0. The normalized spacial score (nSPS) is 10.3. The summed E-state index contributed by atoms with van der Waals surface area (Å²) in [5.41, 5.74) is 4.16. The minimum Gasteiger partial charge on any atom is -0.366 e. The number of benzene rings is 1. The van der Waals surface area contributed by atoms with Crippen LogP contribution in [-0.2, 0) is 0 Å². The van der Waals surface area contributed by atoms with Crippen LogP contribution in [0.15, 0.2) is 28.1 Å². The van der Waals surface area contributed by atoms with Gasteiger partial charge in [0.1, 0.15) is 11.6 Å². The third-order valence-electron chi connectivity index (χ3n) is 2.37. The summed E-state index contributed by atoms with van der Waals surface area (Å²) in [6.07, 6.45) is 0. The molecule has 0 unspecified atom stereocenters. The van der Waals surface area contributed by atoms with Gasteiger partial charge >= 0.3 is 0 Å². The molecule has 0 radical (unpaired) electrons. The minimum atomic E-state index is -1.08. The first-order chi connectivity index (χ1) is 9.38. The van der Waals surface area contributed by atoms with Gasteiger partial charge in [-0.05, 0) is 34.1 Å². The Labute approximate surface area is 124 Å². The van der Waals surface area contributed by atoms with E-state index in [1.165, 1.54) is 0 Å². The van der Waals surface area contributed by atoms with Crippen LogP contribution in [0.3, 0.4) is 0 Å². The highest BCUT2D eigenvalue weighted by Gasteiger charge is 2.16. The Morgan fingerprint density at radius 3 is 2.45 bits per heavy atom. The van der Waals surface area contributed by atoms with E-state index in [1.807, 2.05) is 0 Å². The van der Waals surface area contributed by atoms with Gasteiger partial charge in [-0.1, -0.05) is 0 Å². The van der Waals surface area contributed by atoms with E-state index in [4.69, 9.17) is 5.73 Å². The molecule has 1 heterocycles. The third-order valence-corrected chi connectivity index (χ3v) is 3.99. The molecule has 4 nitrogen and oxygen atoms in total. The smallest absolute Gasteiger partial charge is 0.265 e. The molecule has 1 aromatic carbocycles. The summed E-state index contributed by atoms with van der Waals surface area (Å²) < 4.78 is 27.6. The number of primary amides is 1. The zero-order valence-electron chi connectivity index (χ0n) is 9.75. The Hall–Kier alpha value is -1.80. The summed E-state index contributed by atoms with van der Waals surface area (Å²) in [6, 6.07) is 4.57. The predicted molar refractivity (Wildman–Crippen MR) is 74.8 cm³/mol. The number of hydrogen-bond donors (Lipinski definition) is 2. The van der Waals surface area contributed by atoms with E-state index < -0.39 is 29.0 Å². The van der Waals surface area contributed by atoms with Crippen molar-refractivity contribution in [3.63, 3.8) is 0 Å². The fraction of sp³-hybridized carbons (Fsp3) is 0. The number of amides is 2. The zero-order valence-corrected chi connectivity index (χ0v) is 12.1. The lowest BCUT2D eigenvalue weighted by molar-refractivity contribution is 0.0992. The highest BCUT2D eigenvalue weighted by molar-refractivity contribution is 9.11. The quantitative estimate of drug-likeness (QED) is 0.882. The maximum absolute atomic E-state index is 13.6. The first-order valence-electron chi connectivity index (χ1n) is 5.24. The van der Waals surface area contributed by atoms with E-state index in [-0.39, 0.29) is 5.69 Å². The van der Waals surface area contributed by atoms with Gasteiger partial charge in [-0.2, -0.15) is 0 Å². The first-order valence-corrected chi connectivity index (χ1v) is 6.85. The van der Waals surface area contributed by atoms with E-state index in [0.29, 0.717) is 10.9 Å². The summed E-state index contributed by atoms with van der Waals surface area (Å²) in [4.78, 5) is 23.2. The van der Waals surface area contributed by atoms with Crippen molar-refractivity contribution in [3.05, 3.63) is 50.1 Å². The second-order valence-electron chi connectivity index (χ2n) is 3.73. The molecule has 2 rings (SSSR count). The maximum atomic E-state index is 13.6. The van der Waals surface area contributed by atoms with Gasteiger partial charge in [0.05, 0.1) is 19.9 Å². The number of thiophene rings is 1. The van der Waals surface area contributed by atoms with E-state index in [2.05, 4.69) is 21.2 Å². The van der Waals surface area contributed by atoms with Crippen molar-refractivity contribution in [2.75, 3.05) is 5.32 Å². The van der Waals surface area contributed by atoms with Gasteiger partial charge in [0, 0.05) is 6.07 Å². The predicted octanol–water partition coefficient (Wildman–Crippen LogP) is 3.14. The van der Waals surface area contributed by atoms with E-state index >= 15 is 0 Å².